The van der Waals surface area contributed by atoms with Crippen molar-refractivity contribution in [2.45, 2.75) is 10.4 Å². The normalized spacial score (nSPS) is 16.6. The van der Waals surface area contributed by atoms with Gasteiger partial charge in [-0.1, -0.05) is 18.2 Å². The molecule has 1 aromatic carbocycles. The first kappa shape index (κ1) is 20.6. The number of thiophene rings is 1. The molecule has 10 heteroatoms. The number of nitrogens with zero attached hydrogens (tertiary/aromatic N) is 2. The predicted molar refractivity (Wildman–Crippen MR) is 100 cm³/mol. The highest BCUT2D eigenvalue weighted by Crippen LogP contribution is 2.29. The minimum atomic E-state index is -4.40. The lowest BCUT2D eigenvalue weighted by atomic mass is 10.1. The smallest absolute Gasteiger partial charge is 0.337 e. The molecule has 28 heavy (non-hydrogen) atoms. The van der Waals surface area contributed by atoms with E-state index in [2.05, 4.69) is 0 Å². The summed E-state index contributed by atoms with van der Waals surface area (Å²) in [6.45, 7) is 0.891. The SMILES string of the molecule is O=C(/C=C/c1ccc(C(F)(F)F)cc1)N1CCN(S(=O)(=O)c2cccs2)CC1. The summed E-state index contributed by atoms with van der Waals surface area (Å²) in [6.07, 6.45) is -1.68. The van der Waals surface area contributed by atoms with Crippen molar-refractivity contribution >= 4 is 33.3 Å². The van der Waals surface area contributed by atoms with Gasteiger partial charge in [0.1, 0.15) is 4.21 Å². The van der Waals surface area contributed by atoms with Crippen LogP contribution in [0, 0.1) is 0 Å². The minimum absolute atomic E-state index is 0.195. The summed E-state index contributed by atoms with van der Waals surface area (Å²) in [6, 6.07) is 7.71. The van der Waals surface area contributed by atoms with Gasteiger partial charge in [0.2, 0.25) is 5.91 Å². The average molecular weight is 430 g/mol. The lowest BCUT2D eigenvalue weighted by molar-refractivity contribution is -0.137. The molecule has 0 spiro atoms. The Morgan fingerprint density at radius 3 is 2.21 bits per heavy atom. The van der Waals surface area contributed by atoms with E-state index in [9.17, 15) is 26.4 Å². The Labute approximate surface area is 164 Å². The van der Waals surface area contributed by atoms with Crippen molar-refractivity contribution in [3.8, 4) is 0 Å². The maximum atomic E-state index is 12.6. The van der Waals surface area contributed by atoms with Crippen molar-refractivity contribution in [2.75, 3.05) is 26.2 Å². The second-order valence-corrected chi connectivity index (χ2v) is 9.23. The molecule has 150 valence electrons. The molecule has 0 unspecified atom stereocenters. The number of sulfonamides is 1. The number of piperazine rings is 1. The van der Waals surface area contributed by atoms with Crippen molar-refractivity contribution in [1.29, 1.82) is 0 Å². The highest BCUT2D eigenvalue weighted by Gasteiger charge is 2.31. The number of carbonyl (C=O) groups is 1. The van der Waals surface area contributed by atoms with Crippen molar-refractivity contribution < 1.29 is 26.4 Å². The van der Waals surface area contributed by atoms with E-state index in [0.29, 0.717) is 5.56 Å². The van der Waals surface area contributed by atoms with E-state index in [0.717, 1.165) is 23.5 Å². The maximum absolute atomic E-state index is 12.6. The van der Waals surface area contributed by atoms with E-state index in [1.165, 1.54) is 33.5 Å². The van der Waals surface area contributed by atoms with E-state index in [1.54, 1.807) is 17.5 Å². The summed E-state index contributed by atoms with van der Waals surface area (Å²) in [5, 5.41) is 1.69. The van der Waals surface area contributed by atoms with Gasteiger partial charge in [-0.15, -0.1) is 11.3 Å². The van der Waals surface area contributed by atoms with Gasteiger partial charge in [-0.25, -0.2) is 8.42 Å². The molecule has 0 aliphatic carbocycles. The fourth-order valence-electron chi connectivity index (χ4n) is 2.74. The molecule has 2 aromatic rings. The van der Waals surface area contributed by atoms with Crippen LogP contribution >= 0.6 is 11.3 Å². The van der Waals surface area contributed by atoms with E-state index >= 15 is 0 Å². The van der Waals surface area contributed by atoms with Crippen molar-refractivity contribution in [3.05, 3.63) is 59.0 Å². The minimum Gasteiger partial charge on any atom is -0.337 e. The van der Waals surface area contributed by atoms with E-state index < -0.39 is 21.8 Å². The second kappa shape index (κ2) is 8.06. The van der Waals surface area contributed by atoms with Gasteiger partial charge in [-0.2, -0.15) is 17.5 Å². The van der Waals surface area contributed by atoms with Gasteiger partial charge in [-0.3, -0.25) is 4.79 Å². The van der Waals surface area contributed by atoms with Gasteiger partial charge in [0.05, 0.1) is 5.56 Å². The van der Waals surface area contributed by atoms with Crippen LogP contribution in [0.15, 0.2) is 52.1 Å². The summed E-state index contributed by atoms with van der Waals surface area (Å²) < 4.78 is 64.2. The van der Waals surface area contributed by atoms with Crippen LogP contribution in [0.25, 0.3) is 6.08 Å². The second-order valence-electron chi connectivity index (χ2n) is 6.11. The summed E-state index contributed by atoms with van der Waals surface area (Å²) in [7, 11) is -3.54. The van der Waals surface area contributed by atoms with Gasteiger partial charge in [0.15, 0.2) is 0 Å². The van der Waals surface area contributed by atoms with Crippen molar-refractivity contribution in [3.63, 3.8) is 0 Å². The van der Waals surface area contributed by atoms with Gasteiger partial charge >= 0.3 is 6.18 Å². The highest BCUT2D eigenvalue weighted by atomic mass is 32.2. The third-order valence-electron chi connectivity index (χ3n) is 4.30. The van der Waals surface area contributed by atoms with Gasteiger partial charge in [0, 0.05) is 32.3 Å². The fourth-order valence-corrected chi connectivity index (χ4v) is 5.31. The number of benzene rings is 1. The zero-order valence-electron chi connectivity index (χ0n) is 14.6. The van der Waals surface area contributed by atoms with Crippen molar-refractivity contribution in [1.82, 2.24) is 9.21 Å². The molecule has 1 aliphatic rings. The first-order valence-electron chi connectivity index (χ1n) is 8.36. The molecular formula is C18H17F3N2O3S2. The van der Waals surface area contributed by atoms with Crippen LogP contribution in [0.2, 0.25) is 0 Å². The number of rotatable bonds is 4. The molecule has 3 rings (SSSR count). The van der Waals surface area contributed by atoms with Crippen LogP contribution in [0.3, 0.4) is 0 Å². The Balaban J connectivity index is 1.57. The number of alkyl halides is 3. The molecule has 0 atom stereocenters. The molecule has 0 bridgehead atoms. The van der Waals surface area contributed by atoms with Gasteiger partial charge in [-0.05, 0) is 35.2 Å². The summed E-state index contributed by atoms with van der Waals surface area (Å²) >= 11 is 1.15. The van der Waals surface area contributed by atoms with Crippen LogP contribution in [0.1, 0.15) is 11.1 Å². The third kappa shape index (κ3) is 4.62. The van der Waals surface area contributed by atoms with E-state index in [-0.39, 0.29) is 36.3 Å². The first-order valence-corrected chi connectivity index (χ1v) is 10.7. The molecule has 0 radical (unpaired) electrons. The number of hydrogen-bond donors (Lipinski definition) is 0. The molecule has 5 nitrogen and oxygen atoms in total. The largest absolute Gasteiger partial charge is 0.416 e. The molecule has 1 aromatic heterocycles. The quantitative estimate of drug-likeness (QED) is 0.700. The average Bonchev–Trinajstić information content (AvgIpc) is 3.21. The number of hydrogen-bond acceptors (Lipinski definition) is 4. The molecule has 1 aliphatic heterocycles. The Bertz CT molecular complexity index is 945. The summed E-state index contributed by atoms with van der Waals surface area (Å²) in [4.78, 5) is 13.8. The lowest BCUT2D eigenvalue weighted by Gasteiger charge is -2.33. The van der Waals surface area contributed by atoms with Crippen LogP contribution in [0.5, 0.6) is 0 Å². The van der Waals surface area contributed by atoms with Crippen LogP contribution in [-0.4, -0.2) is 49.7 Å². The lowest BCUT2D eigenvalue weighted by Crippen LogP contribution is -2.50. The molecule has 2 heterocycles. The van der Waals surface area contributed by atoms with Crippen LogP contribution in [-0.2, 0) is 21.0 Å². The van der Waals surface area contributed by atoms with Crippen molar-refractivity contribution in [2.24, 2.45) is 0 Å². The zero-order chi connectivity index (χ0) is 20.4. The molecule has 0 N–H and O–H groups in total. The number of amides is 1. The third-order valence-corrected chi connectivity index (χ3v) is 7.57. The summed E-state index contributed by atoms with van der Waals surface area (Å²) in [5.41, 5.74) is -0.278. The molecule has 0 saturated carbocycles. The van der Waals surface area contributed by atoms with Crippen LogP contribution in [0.4, 0.5) is 13.2 Å². The molecular weight excluding hydrogens is 413 g/mol. The standard InChI is InChI=1S/C18H17F3N2O3S2/c19-18(20,21)15-6-3-14(4-7-15)5-8-16(24)22-9-11-23(12-10-22)28(25,26)17-2-1-13-27-17/h1-8,13H,9-12H2/b8-5+. The highest BCUT2D eigenvalue weighted by molar-refractivity contribution is 7.91. The Kier molecular flexibility index (Phi) is 5.92. The Hall–Kier alpha value is -2.17. The van der Waals surface area contributed by atoms with Crippen LogP contribution < -0.4 is 0 Å². The first-order chi connectivity index (χ1) is 13.2. The van der Waals surface area contributed by atoms with Gasteiger partial charge < -0.3 is 4.90 Å². The predicted octanol–water partition coefficient (Wildman–Crippen LogP) is 3.31. The molecule has 1 amide bonds. The maximum Gasteiger partial charge on any atom is 0.416 e. The molecule has 1 fully saturated rings. The number of carbonyl (C=O) groups excluding carboxylic acids is 1. The van der Waals surface area contributed by atoms with E-state index in [1.807, 2.05) is 0 Å². The van der Waals surface area contributed by atoms with E-state index in [4.69, 9.17) is 0 Å². The fraction of sp³-hybridized carbons (Fsp3) is 0.278. The topological polar surface area (TPSA) is 57.7 Å². The molecule has 1 saturated heterocycles. The summed E-state index contributed by atoms with van der Waals surface area (Å²) in [5.74, 6) is -0.312. The number of halogens is 3. The monoisotopic (exact) mass is 430 g/mol. The Morgan fingerprint density at radius 1 is 1.04 bits per heavy atom. The Morgan fingerprint density at radius 2 is 1.68 bits per heavy atom. The zero-order valence-corrected chi connectivity index (χ0v) is 16.2. The van der Waals surface area contributed by atoms with Gasteiger partial charge in [0.25, 0.3) is 10.0 Å².